The topological polar surface area (TPSA) is 9.23 Å². The lowest BCUT2D eigenvalue weighted by atomic mass is 10.1. The van der Waals surface area contributed by atoms with Crippen LogP contribution < -0.4 is 4.74 Å². The molecule has 2 heteroatoms. The number of allylic oxidation sites excluding steroid dienone is 2. The third-order valence-electron chi connectivity index (χ3n) is 4.30. The lowest BCUT2D eigenvalue weighted by Gasteiger charge is -2.20. The van der Waals surface area contributed by atoms with Crippen LogP contribution in [0.1, 0.15) is 6.42 Å². The standard InChI is InChI=1S/C18H22OSi/c1-20(12-4-5-13-20)14-6-11-19-18-10-9-16-7-2-3-8-17(16)15-18/h2-5,7-10,15H,6,11-14H2,1H3. The maximum absolute atomic E-state index is 5.92. The molecule has 0 aliphatic carbocycles. The monoisotopic (exact) mass is 282 g/mol. The number of benzene rings is 2. The number of ether oxygens (including phenoxy) is 1. The summed E-state index contributed by atoms with van der Waals surface area (Å²) in [5, 5.41) is 2.53. The van der Waals surface area contributed by atoms with Gasteiger partial charge in [-0.1, -0.05) is 55.1 Å². The van der Waals surface area contributed by atoms with Crippen molar-refractivity contribution >= 4 is 18.8 Å². The van der Waals surface area contributed by atoms with Crippen LogP contribution in [0.3, 0.4) is 0 Å². The Bertz CT molecular complexity index is 610. The maximum atomic E-state index is 5.92. The highest BCUT2D eigenvalue weighted by atomic mass is 28.3. The summed E-state index contributed by atoms with van der Waals surface area (Å²) in [7, 11) is -0.959. The predicted molar refractivity (Wildman–Crippen MR) is 89.2 cm³/mol. The van der Waals surface area contributed by atoms with Crippen molar-refractivity contribution in [2.24, 2.45) is 0 Å². The van der Waals surface area contributed by atoms with Gasteiger partial charge in [-0.2, -0.15) is 0 Å². The van der Waals surface area contributed by atoms with Gasteiger partial charge in [-0.3, -0.25) is 0 Å². The van der Waals surface area contributed by atoms with Gasteiger partial charge >= 0.3 is 0 Å². The van der Waals surface area contributed by atoms with Crippen LogP contribution in [0.5, 0.6) is 5.75 Å². The Labute approximate surface area is 122 Å². The van der Waals surface area contributed by atoms with Gasteiger partial charge in [0.1, 0.15) is 5.75 Å². The Hall–Kier alpha value is -1.54. The molecular weight excluding hydrogens is 260 g/mol. The van der Waals surface area contributed by atoms with Gasteiger partial charge in [0.25, 0.3) is 0 Å². The quantitative estimate of drug-likeness (QED) is 0.413. The van der Waals surface area contributed by atoms with E-state index in [4.69, 9.17) is 4.74 Å². The van der Waals surface area contributed by atoms with Crippen molar-refractivity contribution in [3.05, 3.63) is 54.6 Å². The van der Waals surface area contributed by atoms with Gasteiger partial charge in [0.05, 0.1) is 14.7 Å². The second kappa shape index (κ2) is 5.84. The van der Waals surface area contributed by atoms with Crippen LogP contribution in [0.15, 0.2) is 54.6 Å². The summed E-state index contributed by atoms with van der Waals surface area (Å²) in [6.45, 7) is 3.37. The van der Waals surface area contributed by atoms with Gasteiger partial charge < -0.3 is 4.74 Å². The largest absolute Gasteiger partial charge is 0.494 e. The summed E-state index contributed by atoms with van der Waals surface area (Å²) in [4.78, 5) is 0. The summed E-state index contributed by atoms with van der Waals surface area (Å²) in [6, 6.07) is 18.9. The second-order valence-electron chi connectivity index (χ2n) is 6.15. The third-order valence-corrected chi connectivity index (χ3v) is 8.31. The van der Waals surface area contributed by atoms with Crippen LogP contribution in [0.2, 0.25) is 24.7 Å². The first kappa shape index (κ1) is 13.4. The van der Waals surface area contributed by atoms with Crippen LogP contribution in [0, 0.1) is 0 Å². The summed E-state index contributed by atoms with van der Waals surface area (Å²) in [5.74, 6) is 1.00. The van der Waals surface area contributed by atoms with Gasteiger partial charge in [-0.05, 0) is 41.4 Å². The zero-order valence-electron chi connectivity index (χ0n) is 12.1. The first-order chi connectivity index (χ1) is 9.75. The Kier molecular flexibility index (Phi) is 3.92. The molecule has 2 aromatic carbocycles. The lowest BCUT2D eigenvalue weighted by Crippen LogP contribution is -2.25. The molecule has 0 amide bonds. The van der Waals surface area contributed by atoms with Crippen molar-refractivity contribution in [3.63, 3.8) is 0 Å². The molecule has 0 saturated heterocycles. The molecule has 0 bridgehead atoms. The van der Waals surface area contributed by atoms with E-state index in [9.17, 15) is 0 Å². The average molecular weight is 282 g/mol. The van der Waals surface area contributed by atoms with Crippen molar-refractivity contribution in [1.82, 2.24) is 0 Å². The van der Waals surface area contributed by atoms with Crippen molar-refractivity contribution in [2.75, 3.05) is 6.61 Å². The molecule has 1 aliphatic heterocycles. The van der Waals surface area contributed by atoms with E-state index >= 15 is 0 Å². The van der Waals surface area contributed by atoms with Gasteiger partial charge in [0, 0.05) is 0 Å². The van der Waals surface area contributed by atoms with Crippen LogP contribution in [-0.2, 0) is 0 Å². The highest BCUT2D eigenvalue weighted by molar-refractivity contribution is 6.80. The number of fused-ring (bicyclic) bond motifs is 1. The number of hydrogen-bond donors (Lipinski definition) is 0. The zero-order valence-corrected chi connectivity index (χ0v) is 13.1. The first-order valence-corrected chi connectivity index (χ1v) is 10.6. The minimum Gasteiger partial charge on any atom is -0.494 e. The summed E-state index contributed by atoms with van der Waals surface area (Å²) in [5.41, 5.74) is 0. The molecule has 0 atom stereocenters. The molecule has 104 valence electrons. The molecule has 0 unspecified atom stereocenters. The van der Waals surface area contributed by atoms with E-state index < -0.39 is 8.07 Å². The molecule has 20 heavy (non-hydrogen) atoms. The molecule has 0 aromatic heterocycles. The molecule has 1 nitrogen and oxygen atoms in total. The highest BCUT2D eigenvalue weighted by Gasteiger charge is 2.26. The van der Waals surface area contributed by atoms with Crippen molar-refractivity contribution in [2.45, 2.75) is 31.1 Å². The Morgan fingerprint density at radius 3 is 2.55 bits per heavy atom. The minimum atomic E-state index is -0.959. The molecule has 0 fully saturated rings. The fourth-order valence-electron chi connectivity index (χ4n) is 2.97. The van der Waals surface area contributed by atoms with Gasteiger partial charge in [0.2, 0.25) is 0 Å². The Morgan fingerprint density at radius 2 is 1.75 bits per heavy atom. The molecule has 1 heterocycles. The third kappa shape index (κ3) is 3.13. The van der Waals surface area contributed by atoms with Crippen LogP contribution >= 0.6 is 0 Å². The minimum absolute atomic E-state index is 0.848. The van der Waals surface area contributed by atoms with E-state index in [2.05, 4.69) is 61.2 Å². The molecule has 2 aromatic rings. The normalized spacial score (nSPS) is 16.6. The van der Waals surface area contributed by atoms with Gasteiger partial charge in [-0.25, -0.2) is 0 Å². The van der Waals surface area contributed by atoms with E-state index in [1.165, 1.54) is 35.3 Å². The zero-order chi connectivity index (χ0) is 13.8. The average Bonchev–Trinajstić information content (AvgIpc) is 2.91. The molecule has 1 aliphatic rings. The van der Waals surface area contributed by atoms with E-state index in [1.54, 1.807) is 0 Å². The summed E-state index contributed by atoms with van der Waals surface area (Å²) < 4.78 is 5.92. The van der Waals surface area contributed by atoms with Gasteiger partial charge in [0.15, 0.2) is 0 Å². The lowest BCUT2D eigenvalue weighted by molar-refractivity contribution is 0.317. The molecule has 3 rings (SSSR count). The summed E-state index contributed by atoms with van der Waals surface area (Å²) >= 11 is 0. The van der Waals surface area contributed by atoms with Crippen LogP contribution in [0.4, 0.5) is 0 Å². The first-order valence-electron chi connectivity index (χ1n) is 7.52. The van der Waals surface area contributed by atoms with Crippen molar-refractivity contribution in [3.8, 4) is 5.75 Å². The van der Waals surface area contributed by atoms with E-state index in [-0.39, 0.29) is 0 Å². The van der Waals surface area contributed by atoms with Crippen LogP contribution in [-0.4, -0.2) is 14.7 Å². The Morgan fingerprint density at radius 1 is 1.00 bits per heavy atom. The molecular formula is C18H22OSi. The van der Waals surface area contributed by atoms with E-state index in [0.717, 1.165) is 12.4 Å². The predicted octanol–water partition coefficient (Wildman–Crippen LogP) is 5.26. The molecule has 0 radical (unpaired) electrons. The SMILES string of the molecule is C[Si]1(CCCOc2ccc3ccccc3c2)CC=CC1. The van der Waals surface area contributed by atoms with E-state index in [0.29, 0.717) is 0 Å². The fraction of sp³-hybridized carbons (Fsp3) is 0.333. The maximum Gasteiger partial charge on any atom is 0.119 e. The van der Waals surface area contributed by atoms with Crippen molar-refractivity contribution in [1.29, 1.82) is 0 Å². The second-order valence-corrected chi connectivity index (χ2v) is 11.1. The summed E-state index contributed by atoms with van der Waals surface area (Å²) in [6.07, 6.45) is 5.93. The highest BCUT2D eigenvalue weighted by Crippen LogP contribution is 2.29. The number of rotatable bonds is 5. The fourth-order valence-corrected chi connectivity index (χ4v) is 6.01. The number of hydrogen-bond acceptors (Lipinski definition) is 1. The van der Waals surface area contributed by atoms with Crippen molar-refractivity contribution < 1.29 is 4.74 Å². The van der Waals surface area contributed by atoms with Crippen LogP contribution in [0.25, 0.3) is 10.8 Å². The Balaban J connectivity index is 1.52. The molecule has 0 N–H and O–H groups in total. The molecule has 0 saturated carbocycles. The van der Waals surface area contributed by atoms with E-state index in [1.807, 2.05) is 0 Å². The smallest absolute Gasteiger partial charge is 0.119 e. The molecule has 0 spiro atoms. The van der Waals surface area contributed by atoms with Gasteiger partial charge in [-0.15, -0.1) is 0 Å².